The lowest BCUT2D eigenvalue weighted by atomic mass is 10.1. The van der Waals surface area contributed by atoms with E-state index in [0.29, 0.717) is 23.3 Å². The maximum atomic E-state index is 12.5. The van der Waals surface area contributed by atoms with Crippen LogP contribution < -0.4 is 5.32 Å². The molecule has 1 fully saturated rings. The first-order chi connectivity index (χ1) is 14.6. The van der Waals surface area contributed by atoms with Gasteiger partial charge in [0.15, 0.2) is 23.2 Å². The molecule has 0 spiro atoms. The molecule has 1 saturated heterocycles. The molecule has 4 atom stereocenters. The summed E-state index contributed by atoms with van der Waals surface area (Å²) in [7, 11) is 0. The molecule has 3 heterocycles. The number of anilines is 1. The van der Waals surface area contributed by atoms with Gasteiger partial charge in [0, 0.05) is 5.56 Å². The smallest absolute Gasteiger partial charge is 0.256 e. The fourth-order valence-electron chi connectivity index (χ4n) is 3.26. The first-order valence-electron chi connectivity index (χ1n) is 9.34. The van der Waals surface area contributed by atoms with Crippen LogP contribution in [0.2, 0.25) is 0 Å². The van der Waals surface area contributed by atoms with Crippen LogP contribution in [0.1, 0.15) is 16.6 Å². The minimum absolute atomic E-state index is 0.0980. The molecule has 0 saturated carbocycles. The maximum Gasteiger partial charge on any atom is 0.256 e. The normalized spacial score (nSPS) is 23.5. The number of hydrogen-bond acceptors (Lipinski definition) is 8. The molecule has 1 aliphatic heterocycles. The van der Waals surface area contributed by atoms with E-state index < -0.39 is 24.5 Å². The highest BCUT2D eigenvalue weighted by molar-refractivity contribution is 6.06. The number of carbonyl (C=O) groups is 1. The second-order valence-corrected chi connectivity index (χ2v) is 6.74. The zero-order valence-corrected chi connectivity index (χ0v) is 16.0. The summed E-state index contributed by atoms with van der Waals surface area (Å²) >= 11 is 0. The van der Waals surface area contributed by atoms with Gasteiger partial charge < -0.3 is 25.0 Å². The number of aliphatic hydroxyl groups is 2. The Bertz CT molecular complexity index is 1040. The van der Waals surface area contributed by atoms with Gasteiger partial charge in [0.1, 0.15) is 24.6 Å². The van der Waals surface area contributed by atoms with Crippen LogP contribution in [0.15, 0.2) is 55.6 Å². The molecule has 1 amide bonds. The Balaban J connectivity index is 1.57. The average molecular weight is 411 g/mol. The molecule has 0 bridgehead atoms. The Kier molecular flexibility index (Phi) is 5.81. The van der Waals surface area contributed by atoms with Crippen molar-refractivity contribution >= 4 is 22.9 Å². The second-order valence-electron chi connectivity index (χ2n) is 6.74. The van der Waals surface area contributed by atoms with E-state index >= 15 is 0 Å². The van der Waals surface area contributed by atoms with E-state index in [2.05, 4.69) is 26.8 Å². The van der Waals surface area contributed by atoms with Gasteiger partial charge in [-0.2, -0.15) is 0 Å². The van der Waals surface area contributed by atoms with E-state index in [1.54, 1.807) is 30.3 Å². The van der Waals surface area contributed by atoms with Crippen molar-refractivity contribution in [2.24, 2.45) is 0 Å². The quantitative estimate of drug-likeness (QED) is 0.386. The zero-order valence-electron chi connectivity index (χ0n) is 16.0. The topological polar surface area (TPSA) is 132 Å². The van der Waals surface area contributed by atoms with Crippen LogP contribution >= 0.6 is 0 Å². The van der Waals surface area contributed by atoms with E-state index in [4.69, 9.17) is 9.47 Å². The first kappa shape index (κ1) is 20.1. The number of benzene rings is 1. The summed E-state index contributed by atoms with van der Waals surface area (Å²) < 4.78 is 12.6. The van der Waals surface area contributed by atoms with Gasteiger partial charge in [-0.1, -0.05) is 24.3 Å². The summed E-state index contributed by atoms with van der Waals surface area (Å²) in [4.78, 5) is 25.1. The number of carbonyl (C=O) groups excluding carboxylic acids is 1. The summed E-state index contributed by atoms with van der Waals surface area (Å²) in [6.45, 7) is 3.96. The third kappa shape index (κ3) is 3.81. The molecule has 156 valence electrons. The third-order valence-electron chi connectivity index (χ3n) is 4.76. The molecule has 2 aromatic heterocycles. The van der Waals surface area contributed by atoms with Crippen molar-refractivity contribution in [3.63, 3.8) is 0 Å². The van der Waals surface area contributed by atoms with Gasteiger partial charge in [-0.05, 0) is 12.1 Å². The number of imidazole rings is 1. The van der Waals surface area contributed by atoms with Crippen molar-refractivity contribution < 1.29 is 24.5 Å². The van der Waals surface area contributed by atoms with Gasteiger partial charge in [-0.3, -0.25) is 9.36 Å². The molecule has 10 heteroatoms. The van der Waals surface area contributed by atoms with Gasteiger partial charge in [-0.25, -0.2) is 15.0 Å². The summed E-state index contributed by atoms with van der Waals surface area (Å²) in [5, 5.41) is 23.5. The van der Waals surface area contributed by atoms with Crippen molar-refractivity contribution in [3.05, 3.63) is 61.2 Å². The predicted molar refractivity (Wildman–Crippen MR) is 107 cm³/mol. The summed E-state index contributed by atoms with van der Waals surface area (Å²) in [6, 6.07) is 8.71. The predicted octanol–water partition coefficient (Wildman–Crippen LogP) is 0.900. The van der Waals surface area contributed by atoms with Crippen molar-refractivity contribution in [1.29, 1.82) is 0 Å². The Morgan fingerprint density at radius 1 is 1.23 bits per heavy atom. The highest BCUT2D eigenvalue weighted by Crippen LogP contribution is 2.32. The van der Waals surface area contributed by atoms with Gasteiger partial charge in [-0.15, -0.1) is 6.58 Å². The minimum Gasteiger partial charge on any atom is -0.387 e. The molecule has 1 aromatic carbocycles. The first-order valence-corrected chi connectivity index (χ1v) is 9.34. The second kappa shape index (κ2) is 8.67. The van der Waals surface area contributed by atoms with E-state index in [9.17, 15) is 15.0 Å². The van der Waals surface area contributed by atoms with E-state index in [-0.39, 0.29) is 18.3 Å². The number of aromatic nitrogens is 4. The van der Waals surface area contributed by atoms with Crippen LogP contribution in [0.3, 0.4) is 0 Å². The summed E-state index contributed by atoms with van der Waals surface area (Å²) in [6.07, 6.45) is 0.292. The lowest BCUT2D eigenvalue weighted by Crippen LogP contribution is -2.33. The fraction of sp³-hybridized carbons (Fsp3) is 0.300. The highest BCUT2D eigenvalue weighted by atomic mass is 16.6. The van der Waals surface area contributed by atoms with Crippen LogP contribution in [-0.4, -0.2) is 67.2 Å². The number of rotatable bonds is 7. The third-order valence-corrected chi connectivity index (χ3v) is 4.76. The molecule has 0 aliphatic carbocycles. The molecule has 4 rings (SSSR count). The number of aliphatic hydroxyl groups excluding tert-OH is 2. The summed E-state index contributed by atoms with van der Waals surface area (Å²) in [5.41, 5.74) is 1.15. The summed E-state index contributed by atoms with van der Waals surface area (Å²) in [5.74, 6) is -0.108. The Morgan fingerprint density at radius 3 is 2.80 bits per heavy atom. The van der Waals surface area contributed by atoms with Crippen molar-refractivity contribution in [2.45, 2.75) is 24.5 Å². The van der Waals surface area contributed by atoms with Crippen LogP contribution in [-0.2, 0) is 9.47 Å². The number of amides is 1. The maximum absolute atomic E-state index is 12.5. The number of nitrogens with zero attached hydrogens (tertiary/aromatic N) is 4. The Labute approximate surface area is 171 Å². The standard InChI is InChI=1S/C20H21N5O5/c1-2-8-29-9-13-15(26)16(27)20(30-13)25-11-23-14-17(21-10-22-18(14)25)24-19(28)12-6-4-3-5-7-12/h2-7,10-11,13,15-16,20,26-27H,1,8-9H2,(H,21,22,24,28)/t13-,15-,16-,20-/m1/s1. The van der Waals surface area contributed by atoms with Crippen LogP contribution in [0.25, 0.3) is 11.2 Å². The largest absolute Gasteiger partial charge is 0.387 e. The van der Waals surface area contributed by atoms with Crippen molar-refractivity contribution in [3.8, 4) is 0 Å². The molecular weight excluding hydrogens is 390 g/mol. The van der Waals surface area contributed by atoms with Gasteiger partial charge >= 0.3 is 0 Å². The van der Waals surface area contributed by atoms with E-state index in [1.807, 2.05) is 6.07 Å². The highest BCUT2D eigenvalue weighted by Gasteiger charge is 2.44. The molecule has 3 aromatic rings. The lowest BCUT2D eigenvalue weighted by molar-refractivity contribution is -0.0620. The van der Waals surface area contributed by atoms with Crippen molar-refractivity contribution in [1.82, 2.24) is 19.5 Å². The van der Waals surface area contributed by atoms with E-state index in [0.717, 1.165) is 0 Å². The molecular formula is C20H21N5O5. The number of hydrogen-bond donors (Lipinski definition) is 3. The lowest BCUT2D eigenvalue weighted by Gasteiger charge is -2.16. The molecule has 0 unspecified atom stereocenters. The molecule has 3 N–H and O–H groups in total. The van der Waals surface area contributed by atoms with Gasteiger partial charge in [0.25, 0.3) is 5.91 Å². The Morgan fingerprint density at radius 2 is 2.03 bits per heavy atom. The number of ether oxygens (including phenoxy) is 2. The molecule has 30 heavy (non-hydrogen) atoms. The van der Waals surface area contributed by atoms with Crippen LogP contribution in [0.5, 0.6) is 0 Å². The molecule has 1 aliphatic rings. The number of nitrogens with one attached hydrogen (secondary N) is 1. The minimum atomic E-state index is -1.21. The number of fused-ring (bicyclic) bond motifs is 1. The fourth-order valence-corrected chi connectivity index (χ4v) is 3.26. The van der Waals surface area contributed by atoms with Gasteiger partial charge in [0.05, 0.1) is 19.5 Å². The average Bonchev–Trinajstić information content (AvgIpc) is 3.31. The van der Waals surface area contributed by atoms with Crippen LogP contribution in [0, 0.1) is 0 Å². The SMILES string of the molecule is C=CCOC[C@H]1O[C@@H](n2cnc3c(NC(=O)c4ccccc4)ncnc32)[C@H](O)[C@@H]1O. The zero-order chi connectivity index (χ0) is 21.1. The molecule has 0 radical (unpaired) electrons. The molecule has 10 nitrogen and oxygen atoms in total. The monoisotopic (exact) mass is 411 g/mol. The van der Waals surface area contributed by atoms with Crippen molar-refractivity contribution in [2.75, 3.05) is 18.5 Å². The van der Waals surface area contributed by atoms with Gasteiger partial charge in [0.2, 0.25) is 0 Å². The van der Waals surface area contributed by atoms with E-state index in [1.165, 1.54) is 17.2 Å². The van der Waals surface area contributed by atoms with Crippen LogP contribution in [0.4, 0.5) is 5.82 Å². The Hall–Kier alpha value is -3.18.